The molecule has 0 aliphatic carbocycles. The van der Waals surface area contributed by atoms with Gasteiger partial charge in [-0.05, 0) is 13.0 Å². The smallest absolute Gasteiger partial charge is 0.435 e. The van der Waals surface area contributed by atoms with Crippen molar-refractivity contribution < 1.29 is 19.2 Å². The zero-order chi connectivity index (χ0) is 12.0. The number of hydrogen-bond donors (Lipinski definition) is 0. The normalized spacial score (nSPS) is 9.56. The molecule has 1 aromatic rings. The van der Waals surface area contributed by atoms with Crippen LogP contribution in [0.25, 0.3) is 0 Å². The molecule has 0 amide bonds. The number of nitrogens with zero attached hydrogens (tertiary/aromatic N) is 1. The molecule has 6 heteroatoms. The van der Waals surface area contributed by atoms with Crippen molar-refractivity contribution in [2.75, 3.05) is 6.61 Å². The first-order valence-corrected chi connectivity index (χ1v) is 4.67. The second-order valence-corrected chi connectivity index (χ2v) is 2.86. The van der Waals surface area contributed by atoms with Crippen molar-refractivity contribution in [3.63, 3.8) is 0 Å². The molecule has 0 saturated heterocycles. The van der Waals surface area contributed by atoms with Crippen molar-refractivity contribution >= 4 is 11.8 Å². The maximum atomic E-state index is 10.9. The van der Waals surface area contributed by atoms with E-state index in [-0.39, 0.29) is 18.9 Å². The minimum atomic E-state index is -0.833. The number of nitro groups is 1. The van der Waals surface area contributed by atoms with Crippen LogP contribution < -0.4 is 0 Å². The highest BCUT2D eigenvalue weighted by Crippen LogP contribution is 2.18. The zero-order valence-corrected chi connectivity index (χ0v) is 8.71. The summed E-state index contributed by atoms with van der Waals surface area (Å²) in [5.74, 6) is 0. The number of benzene rings is 1. The summed E-state index contributed by atoms with van der Waals surface area (Å²) >= 11 is 0. The van der Waals surface area contributed by atoms with Crippen LogP contribution in [0.4, 0.5) is 10.5 Å². The maximum absolute atomic E-state index is 10.9. The molecule has 0 unspecified atom stereocenters. The summed E-state index contributed by atoms with van der Waals surface area (Å²) in [5.41, 5.74) is 0.257. The third kappa shape index (κ3) is 3.23. The van der Waals surface area contributed by atoms with E-state index in [1.54, 1.807) is 19.1 Å². The van der Waals surface area contributed by atoms with Crippen LogP contribution in [0.5, 0.6) is 0 Å². The Hall–Kier alpha value is -2.11. The van der Waals surface area contributed by atoms with E-state index in [9.17, 15) is 14.9 Å². The highest BCUT2D eigenvalue weighted by Gasteiger charge is 2.14. The van der Waals surface area contributed by atoms with Gasteiger partial charge in [-0.1, -0.05) is 12.1 Å². The Kier molecular flexibility index (Phi) is 4.26. The first-order valence-electron chi connectivity index (χ1n) is 4.67. The zero-order valence-electron chi connectivity index (χ0n) is 8.71. The Morgan fingerprint density at radius 2 is 2.06 bits per heavy atom. The molecule has 0 spiro atoms. The van der Waals surface area contributed by atoms with Crippen LogP contribution in [-0.4, -0.2) is 17.7 Å². The molecule has 0 fully saturated rings. The lowest BCUT2D eigenvalue weighted by Crippen LogP contribution is -2.07. The van der Waals surface area contributed by atoms with Crippen LogP contribution in [0.2, 0.25) is 0 Å². The monoisotopic (exact) mass is 225 g/mol. The van der Waals surface area contributed by atoms with Gasteiger partial charge in [0.05, 0.1) is 17.1 Å². The van der Waals surface area contributed by atoms with Gasteiger partial charge in [0.2, 0.25) is 0 Å². The quantitative estimate of drug-likeness (QED) is 0.446. The number of carbonyl (C=O) groups is 1. The Morgan fingerprint density at radius 3 is 2.69 bits per heavy atom. The molecule has 0 radical (unpaired) electrons. The van der Waals surface area contributed by atoms with Gasteiger partial charge >= 0.3 is 6.16 Å². The highest BCUT2D eigenvalue weighted by molar-refractivity contribution is 5.60. The standard InChI is InChI=1S/C10H11NO5/c1-2-15-10(12)16-7-8-5-3-4-6-9(8)11(13)14/h3-6H,2,7H2,1H3. The van der Waals surface area contributed by atoms with Crippen LogP contribution in [-0.2, 0) is 16.1 Å². The van der Waals surface area contributed by atoms with E-state index < -0.39 is 11.1 Å². The molecule has 0 aliphatic heterocycles. The predicted octanol–water partition coefficient (Wildman–Crippen LogP) is 2.27. The number of hydrogen-bond acceptors (Lipinski definition) is 5. The summed E-state index contributed by atoms with van der Waals surface area (Å²) < 4.78 is 9.23. The fourth-order valence-electron chi connectivity index (χ4n) is 1.11. The van der Waals surface area contributed by atoms with Gasteiger partial charge in [-0.3, -0.25) is 10.1 Å². The third-order valence-corrected chi connectivity index (χ3v) is 1.80. The summed E-state index contributed by atoms with van der Waals surface area (Å²) in [5, 5.41) is 10.6. The highest BCUT2D eigenvalue weighted by atomic mass is 16.7. The van der Waals surface area contributed by atoms with Gasteiger partial charge in [0.1, 0.15) is 6.61 Å². The van der Waals surface area contributed by atoms with E-state index in [1.807, 2.05) is 0 Å². The summed E-state index contributed by atoms with van der Waals surface area (Å²) in [6.07, 6.45) is -0.833. The van der Waals surface area contributed by atoms with Gasteiger partial charge in [0.25, 0.3) is 5.69 Å². The maximum Gasteiger partial charge on any atom is 0.508 e. The summed E-state index contributed by atoms with van der Waals surface area (Å²) in [6, 6.07) is 6.06. The SMILES string of the molecule is CCOC(=O)OCc1ccccc1[N+](=O)[O-]. The van der Waals surface area contributed by atoms with Crippen molar-refractivity contribution in [3.05, 3.63) is 39.9 Å². The van der Waals surface area contributed by atoms with Crippen LogP contribution in [0, 0.1) is 10.1 Å². The van der Waals surface area contributed by atoms with Crippen LogP contribution in [0.1, 0.15) is 12.5 Å². The lowest BCUT2D eigenvalue weighted by Gasteiger charge is -2.04. The molecule has 0 bridgehead atoms. The van der Waals surface area contributed by atoms with Gasteiger partial charge in [0.15, 0.2) is 0 Å². The Bertz CT molecular complexity index is 391. The first-order chi connectivity index (χ1) is 7.65. The van der Waals surface area contributed by atoms with E-state index in [2.05, 4.69) is 4.74 Å². The number of ether oxygens (including phenoxy) is 2. The van der Waals surface area contributed by atoms with Crippen molar-refractivity contribution in [2.24, 2.45) is 0 Å². The molecular formula is C10H11NO5. The van der Waals surface area contributed by atoms with Gasteiger partial charge in [-0.2, -0.15) is 0 Å². The van der Waals surface area contributed by atoms with Crippen molar-refractivity contribution in [1.82, 2.24) is 0 Å². The molecule has 1 rings (SSSR count). The lowest BCUT2D eigenvalue weighted by molar-refractivity contribution is -0.385. The van der Waals surface area contributed by atoms with Crippen LogP contribution in [0.15, 0.2) is 24.3 Å². The van der Waals surface area contributed by atoms with E-state index in [0.29, 0.717) is 5.56 Å². The first kappa shape index (κ1) is 12.0. The second-order valence-electron chi connectivity index (χ2n) is 2.86. The minimum absolute atomic E-state index is 0.0770. The Labute approximate surface area is 91.9 Å². The summed E-state index contributed by atoms with van der Waals surface area (Å²) in [4.78, 5) is 21.0. The fraction of sp³-hybridized carbons (Fsp3) is 0.300. The van der Waals surface area contributed by atoms with Crippen LogP contribution in [0.3, 0.4) is 0 Å². The van der Waals surface area contributed by atoms with Gasteiger partial charge in [-0.15, -0.1) is 0 Å². The number of rotatable bonds is 4. The minimum Gasteiger partial charge on any atom is -0.435 e. The van der Waals surface area contributed by atoms with Crippen molar-refractivity contribution in [2.45, 2.75) is 13.5 Å². The second kappa shape index (κ2) is 5.69. The van der Waals surface area contributed by atoms with Crippen LogP contribution >= 0.6 is 0 Å². The lowest BCUT2D eigenvalue weighted by atomic mass is 10.2. The number of nitro benzene ring substituents is 1. The molecule has 16 heavy (non-hydrogen) atoms. The largest absolute Gasteiger partial charge is 0.508 e. The predicted molar refractivity (Wildman–Crippen MR) is 54.9 cm³/mol. The average molecular weight is 225 g/mol. The molecule has 0 N–H and O–H groups in total. The van der Waals surface area contributed by atoms with Gasteiger partial charge in [0, 0.05) is 6.07 Å². The van der Waals surface area contributed by atoms with Crippen molar-refractivity contribution in [1.29, 1.82) is 0 Å². The third-order valence-electron chi connectivity index (χ3n) is 1.80. The Balaban J connectivity index is 2.66. The Morgan fingerprint density at radius 1 is 1.38 bits per heavy atom. The molecular weight excluding hydrogens is 214 g/mol. The van der Waals surface area contributed by atoms with Gasteiger partial charge < -0.3 is 9.47 Å². The molecule has 0 aromatic heterocycles. The molecule has 0 atom stereocenters. The molecule has 1 aromatic carbocycles. The van der Waals surface area contributed by atoms with E-state index in [1.165, 1.54) is 12.1 Å². The molecule has 0 aliphatic rings. The molecule has 0 heterocycles. The molecule has 6 nitrogen and oxygen atoms in total. The van der Waals surface area contributed by atoms with E-state index >= 15 is 0 Å². The summed E-state index contributed by atoms with van der Waals surface area (Å²) in [6.45, 7) is 1.68. The molecule has 86 valence electrons. The number of carbonyl (C=O) groups excluding carboxylic acids is 1. The number of para-hydroxylation sites is 1. The van der Waals surface area contributed by atoms with Crippen molar-refractivity contribution in [3.8, 4) is 0 Å². The topological polar surface area (TPSA) is 78.7 Å². The van der Waals surface area contributed by atoms with E-state index in [4.69, 9.17) is 4.74 Å². The average Bonchev–Trinajstić information content (AvgIpc) is 2.27. The molecule has 0 saturated carbocycles. The van der Waals surface area contributed by atoms with Gasteiger partial charge in [-0.25, -0.2) is 4.79 Å². The fourth-order valence-corrected chi connectivity index (χ4v) is 1.11. The summed E-state index contributed by atoms with van der Waals surface area (Å²) in [7, 11) is 0. The van der Waals surface area contributed by atoms with E-state index in [0.717, 1.165) is 0 Å².